The van der Waals surface area contributed by atoms with Crippen LogP contribution in [0.15, 0.2) is 41.6 Å². The summed E-state index contributed by atoms with van der Waals surface area (Å²) >= 11 is 1.30. The van der Waals surface area contributed by atoms with Crippen LogP contribution in [0.3, 0.4) is 0 Å². The molecule has 126 valence electrons. The maximum absolute atomic E-state index is 12.9. The van der Waals surface area contributed by atoms with Gasteiger partial charge in [0.05, 0.1) is 11.9 Å². The Morgan fingerprint density at radius 3 is 2.88 bits per heavy atom. The molecular formula is C17H20N4O2S. The highest BCUT2D eigenvalue weighted by molar-refractivity contribution is 8.02. The summed E-state index contributed by atoms with van der Waals surface area (Å²) in [5, 5.41) is 7.06. The Morgan fingerprint density at radius 2 is 2.17 bits per heavy atom. The number of thioether (sulfide) groups is 1. The lowest BCUT2D eigenvalue weighted by Gasteiger charge is -2.34. The molecule has 0 fully saturated rings. The Bertz CT molecular complexity index is 788. The summed E-state index contributed by atoms with van der Waals surface area (Å²) in [6, 6.07) is 7.52. The van der Waals surface area contributed by atoms with Gasteiger partial charge in [0.15, 0.2) is 4.75 Å². The molecule has 1 aliphatic rings. The van der Waals surface area contributed by atoms with E-state index in [2.05, 4.69) is 10.4 Å². The lowest BCUT2D eigenvalue weighted by atomic mass is 10.1. The van der Waals surface area contributed by atoms with Gasteiger partial charge in [-0.1, -0.05) is 23.9 Å². The monoisotopic (exact) mass is 344 g/mol. The number of aryl methyl sites for hydroxylation is 1. The van der Waals surface area contributed by atoms with E-state index in [0.717, 1.165) is 22.7 Å². The van der Waals surface area contributed by atoms with Crippen molar-refractivity contribution in [1.82, 2.24) is 14.7 Å². The molecule has 1 aromatic heterocycles. The number of carbonyl (C=O) groups is 2. The lowest BCUT2D eigenvalue weighted by molar-refractivity contribution is -0.137. The molecule has 2 heterocycles. The molecule has 2 aromatic rings. The van der Waals surface area contributed by atoms with Crippen molar-refractivity contribution in [2.24, 2.45) is 0 Å². The Kier molecular flexibility index (Phi) is 4.36. The quantitative estimate of drug-likeness (QED) is 0.865. The molecule has 1 atom stereocenters. The summed E-state index contributed by atoms with van der Waals surface area (Å²) in [6.07, 6.45) is 3.66. The first kappa shape index (κ1) is 16.6. The van der Waals surface area contributed by atoms with E-state index in [1.807, 2.05) is 42.1 Å². The zero-order valence-electron chi connectivity index (χ0n) is 13.9. The molecular weight excluding hydrogens is 324 g/mol. The molecule has 1 unspecified atom stereocenters. The molecule has 0 bridgehead atoms. The van der Waals surface area contributed by atoms with Gasteiger partial charge in [0.1, 0.15) is 0 Å². The standard InChI is InChI=1S/C17H20N4O2S/c1-4-21-11-12(9-18-21)10-20(3)16(23)17(2)15(22)19-13-7-5-6-8-14(13)24-17/h5-9,11H,4,10H2,1-3H3,(H,19,22). The SMILES string of the molecule is CCn1cc(CN(C)C(=O)C2(C)Sc3ccccc3NC2=O)cn1. The van der Waals surface area contributed by atoms with Gasteiger partial charge in [-0.05, 0) is 26.0 Å². The molecule has 3 rings (SSSR count). The number of amides is 2. The molecule has 0 saturated heterocycles. The van der Waals surface area contributed by atoms with Crippen LogP contribution >= 0.6 is 11.8 Å². The Labute approximate surface area is 145 Å². The summed E-state index contributed by atoms with van der Waals surface area (Å²) in [5.41, 5.74) is 1.70. The molecule has 24 heavy (non-hydrogen) atoms. The average Bonchev–Trinajstić information content (AvgIpc) is 3.02. The molecule has 1 aliphatic heterocycles. The van der Waals surface area contributed by atoms with E-state index in [9.17, 15) is 9.59 Å². The Morgan fingerprint density at radius 1 is 1.42 bits per heavy atom. The van der Waals surface area contributed by atoms with Gasteiger partial charge < -0.3 is 10.2 Å². The van der Waals surface area contributed by atoms with Crippen LogP contribution in [0.5, 0.6) is 0 Å². The van der Waals surface area contributed by atoms with E-state index < -0.39 is 4.75 Å². The zero-order chi connectivity index (χ0) is 17.3. The van der Waals surface area contributed by atoms with Crippen molar-refractivity contribution in [2.45, 2.75) is 36.6 Å². The van der Waals surface area contributed by atoms with Gasteiger partial charge in [0.2, 0.25) is 11.8 Å². The van der Waals surface area contributed by atoms with E-state index >= 15 is 0 Å². The number of nitrogens with zero attached hydrogens (tertiary/aromatic N) is 3. The second-order valence-electron chi connectivity index (χ2n) is 5.95. The highest BCUT2D eigenvalue weighted by Crippen LogP contribution is 2.43. The first-order valence-corrected chi connectivity index (χ1v) is 8.62. The van der Waals surface area contributed by atoms with Crippen LogP contribution in [0.2, 0.25) is 0 Å². The smallest absolute Gasteiger partial charge is 0.250 e. The van der Waals surface area contributed by atoms with Gasteiger partial charge in [0.25, 0.3) is 0 Å². The van der Waals surface area contributed by atoms with Gasteiger partial charge >= 0.3 is 0 Å². The second-order valence-corrected chi connectivity index (χ2v) is 7.41. The third-order valence-corrected chi connectivity index (χ3v) is 5.41. The van der Waals surface area contributed by atoms with Crippen molar-refractivity contribution in [3.63, 3.8) is 0 Å². The first-order chi connectivity index (χ1) is 11.4. The molecule has 0 radical (unpaired) electrons. The predicted molar refractivity (Wildman–Crippen MR) is 93.7 cm³/mol. The number of rotatable bonds is 4. The van der Waals surface area contributed by atoms with E-state index in [4.69, 9.17) is 0 Å². The Hall–Kier alpha value is -2.28. The van der Waals surface area contributed by atoms with Crippen molar-refractivity contribution < 1.29 is 9.59 Å². The van der Waals surface area contributed by atoms with Gasteiger partial charge in [0, 0.05) is 36.8 Å². The average molecular weight is 344 g/mol. The molecule has 0 aliphatic carbocycles. The number of nitrogens with one attached hydrogen (secondary N) is 1. The van der Waals surface area contributed by atoms with Crippen molar-refractivity contribution in [1.29, 1.82) is 0 Å². The fraction of sp³-hybridized carbons (Fsp3) is 0.353. The van der Waals surface area contributed by atoms with Crippen LogP contribution in [-0.2, 0) is 22.7 Å². The second kappa shape index (κ2) is 6.32. The van der Waals surface area contributed by atoms with Crippen LogP contribution in [-0.4, -0.2) is 38.3 Å². The summed E-state index contributed by atoms with van der Waals surface area (Å²) in [4.78, 5) is 28.0. The van der Waals surface area contributed by atoms with E-state index in [0.29, 0.717) is 6.54 Å². The van der Waals surface area contributed by atoms with Crippen LogP contribution in [0.4, 0.5) is 5.69 Å². The minimum Gasteiger partial charge on any atom is -0.340 e. The van der Waals surface area contributed by atoms with Gasteiger partial charge in [-0.15, -0.1) is 0 Å². The number of hydrogen-bond donors (Lipinski definition) is 1. The molecule has 0 spiro atoms. The molecule has 1 N–H and O–H groups in total. The number of aromatic nitrogens is 2. The third kappa shape index (κ3) is 2.91. The van der Waals surface area contributed by atoms with Crippen LogP contribution in [0.1, 0.15) is 19.4 Å². The van der Waals surface area contributed by atoms with E-state index in [1.54, 1.807) is 25.1 Å². The fourth-order valence-electron chi connectivity index (χ4n) is 2.68. The molecule has 0 saturated carbocycles. The summed E-state index contributed by atoms with van der Waals surface area (Å²) < 4.78 is 0.636. The predicted octanol–water partition coefficient (Wildman–Crippen LogP) is 2.36. The highest BCUT2D eigenvalue weighted by atomic mass is 32.2. The lowest BCUT2D eigenvalue weighted by Crippen LogP contribution is -2.52. The number of fused-ring (bicyclic) bond motifs is 1. The number of carbonyl (C=O) groups excluding carboxylic acids is 2. The maximum Gasteiger partial charge on any atom is 0.250 e. The van der Waals surface area contributed by atoms with Crippen molar-refractivity contribution in [3.8, 4) is 0 Å². The summed E-state index contributed by atoms with van der Waals surface area (Å²) in [7, 11) is 1.71. The molecule has 1 aromatic carbocycles. The summed E-state index contributed by atoms with van der Waals surface area (Å²) in [5.74, 6) is -0.504. The number of benzene rings is 1. The van der Waals surface area contributed by atoms with Crippen molar-refractivity contribution in [3.05, 3.63) is 42.2 Å². The third-order valence-electron chi connectivity index (χ3n) is 4.07. The minimum atomic E-state index is -1.18. The first-order valence-electron chi connectivity index (χ1n) is 7.80. The van der Waals surface area contributed by atoms with Gasteiger partial charge in [-0.2, -0.15) is 5.10 Å². The fourth-order valence-corrected chi connectivity index (χ4v) is 3.88. The van der Waals surface area contributed by atoms with Crippen molar-refractivity contribution >= 4 is 29.3 Å². The number of hydrogen-bond acceptors (Lipinski definition) is 4. The van der Waals surface area contributed by atoms with Crippen LogP contribution < -0.4 is 5.32 Å². The van der Waals surface area contributed by atoms with Gasteiger partial charge in [-0.25, -0.2) is 0 Å². The summed E-state index contributed by atoms with van der Waals surface area (Å²) in [6.45, 7) is 4.89. The maximum atomic E-state index is 12.9. The number of anilines is 1. The van der Waals surface area contributed by atoms with E-state index in [1.165, 1.54) is 11.8 Å². The topological polar surface area (TPSA) is 67.2 Å². The molecule has 6 nitrogen and oxygen atoms in total. The van der Waals surface area contributed by atoms with Crippen LogP contribution in [0, 0.1) is 0 Å². The largest absolute Gasteiger partial charge is 0.340 e. The van der Waals surface area contributed by atoms with Crippen molar-refractivity contribution in [2.75, 3.05) is 12.4 Å². The van der Waals surface area contributed by atoms with E-state index in [-0.39, 0.29) is 11.8 Å². The zero-order valence-corrected chi connectivity index (χ0v) is 14.8. The molecule has 7 heteroatoms. The molecule has 2 amide bonds. The number of para-hydroxylation sites is 1. The Balaban J connectivity index is 1.79. The normalized spacial score (nSPS) is 19.5. The highest BCUT2D eigenvalue weighted by Gasteiger charge is 2.47. The van der Waals surface area contributed by atoms with Gasteiger partial charge in [-0.3, -0.25) is 14.3 Å². The van der Waals surface area contributed by atoms with Crippen LogP contribution in [0.25, 0.3) is 0 Å². The minimum absolute atomic E-state index is 0.219.